The molecule has 29 heavy (non-hydrogen) atoms. The Kier molecular flexibility index (Phi) is 6.05. The lowest BCUT2D eigenvalue weighted by atomic mass is 9.97. The van der Waals surface area contributed by atoms with Crippen LogP contribution in [0.1, 0.15) is 18.9 Å². The normalized spacial score (nSPS) is 20.1. The van der Waals surface area contributed by atoms with E-state index in [1.54, 1.807) is 0 Å². The van der Waals surface area contributed by atoms with Gasteiger partial charge < -0.3 is 4.90 Å². The van der Waals surface area contributed by atoms with E-state index in [1.165, 1.54) is 0 Å². The molecule has 1 fully saturated rings. The maximum Gasteiger partial charge on any atom is 0.322 e. The topological polar surface area (TPSA) is 66.5 Å². The molecule has 0 spiro atoms. The molecule has 5 nitrogen and oxygen atoms in total. The van der Waals surface area contributed by atoms with E-state index in [9.17, 15) is 22.0 Å². The van der Waals surface area contributed by atoms with Gasteiger partial charge >= 0.3 is 5.92 Å². The molecule has 1 aliphatic heterocycles. The van der Waals surface area contributed by atoms with Crippen molar-refractivity contribution in [2.75, 3.05) is 12.8 Å². The molecule has 0 radical (unpaired) electrons. The molecule has 2 atom stereocenters. The monoisotopic (exact) mass is 422 g/mol. The molecule has 1 saturated heterocycles. The van der Waals surface area contributed by atoms with E-state index >= 15 is 0 Å². The minimum absolute atomic E-state index is 0.0818. The second-order valence-corrected chi connectivity index (χ2v) is 9.29. The van der Waals surface area contributed by atoms with Crippen LogP contribution in [0.4, 0.5) is 8.78 Å². The zero-order valence-corrected chi connectivity index (χ0v) is 17.1. The highest BCUT2D eigenvalue weighted by molar-refractivity contribution is 7.88. The molecule has 0 unspecified atom stereocenters. The lowest BCUT2D eigenvalue weighted by Crippen LogP contribution is -2.51. The highest BCUT2D eigenvalue weighted by atomic mass is 32.2. The maximum absolute atomic E-state index is 13.7. The zero-order chi connectivity index (χ0) is 21.2. The third-order valence-electron chi connectivity index (χ3n) is 5.03. The molecule has 3 rings (SSSR count). The molecule has 1 aliphatic rings. The number of sulfonamides is 1. The number of alkyl halides is 2. The molecule has 1 N–H and O–H groups in total. The fourth-order valence-corrected chi connectivity index (χ4v) is 4.60. The van der Waals surface area contributed by atoms with Crippen LogP contribution in [-0.2, 0) is 21.2 Å². The van der Waals surface area contributed by atoms with Crippen LogP contribution in [0.25, 0.3) is 11.1 Å². The van der Waals surface area contributed by atoms with Crippen molar-refractivity contribution in [3.05, 3.63) is 60.2 Å². The summed E-state index contributed by atoms with van der Waals surface area (Å²) in [6.45, 7) is 0.651. The molecular weight excluding hydrogens is 398 g/mol. The Hall–Kier alpha value is -2.32. The third kappa shape index (κ3) is 5.39. The van der Waals surface area contributed by atoms with Crippen molar-refractivity contribution >= 4 is 15.9 Å². The summed E-state index contributed by atoms with van der Waals surface area (Å²) in [5.74, 6) is -4.79. The van der Waals surface area contributed by atoms with Crippen LogP contribution in [0.15, 0.2) is 54.6 Å². The Bertz CT molecular complexity index is 975. The number of carbonyl (C=O) groups excluding carboxylic acids is 1. The first-order valence-corrected chi connectivity index (χ1v) is 11.2. The molecule has 0 bridgehead atoms. The van der Waals surface area contributed by atoms with Gasteiger partial charge in [0.1, 0.15) is 0 Å². The summed E-state index contributed by atoms with van der Waals surface area (Å²) in [6.07, 6.45) is 1.59. The minimum Gasteiger partial charge on any atom is -0.333 e. The number of hydrogen-bond acceptors (Lipinski definition) is 3. The summed E-state index contributed by atoms with van der Waals surface area (Å²) >= 11 is 0. The molecule has 156 valence electrons. The number of likely N-dealkylation sites (tertiary alicyclic amines) is 1. The van der Waals surface area contributed by atoms with E-state index in [0.717, 1.165) is 27.8 Å². The van der Waals surface area contributed by atoms with E-state index in [0.29, 0.717) is 6.92 Å². The first-order chi connectivity index (χ1) is 13.5. The number of benzene rings is 2. The number of nitrogens with one attached hydrogen (secondary N) is 1. The zero-order valence-electron chi connectivity index (χ0n) is 16.3. The average molecular weight is 422 g/mol. The van der Waals surface area contributed by atoms with E-state index in [-0.39, 0.29) is 19.4 Å². The van der Waals surface area contributed by atoms with Crippen molar-refractivity contribution in [1.29, 1.82) is 0 Å². The van der Waals surface area contributed by atoms with Gasteiger partial charge in [0, 0.05) is 19.5 Å². The lowest BCUT2D eigenvalue weighted by molar-refractivity contribution is -0.155. The van der Waals surface area contributed by atoms with E-state index in [2.05, 4.69) is 4.72 Å². The average Bonchev–Trinajstić information content (AvgIpc) is 3.01. The molecule has 2 aromatic rings. The Balaban J connectivity index is 1.90. The Labute approximate surface area is 169 Å². The van der Waals surface area contributed by atoms with Crippen molar-refractivity contribution in [2.24, 2.45) is 0 Å². The molecule has 8 heteroatoms. The van der Waals surface area contributed by atoms with Gasteiger partial charge in [-0.3, -0.25) is 4.79 Å². The summed E-state index contributed by atoms with van der Waals surface area (Å²) in [7, 11) is -3.54. The summed E-state index contributed by atoms with van der Waals surface area (Å²) < 4.78 is 53.4. The highest BCUT2D eigenvalue weighted by Gasteiger charge is 2.45. The van der Waals surface area contributed by atoms with E-state index < -0.39 is 33.9 Å². The second kappa shape index (κ2) is 8.20. The largest absolute Gasteiger partial charge is 0.333 e. The first kappa shape index (κ1) is 21.4. The number of amides is 1. The van der Waals surface area contributed by atoms with Crippen LogP contribution in [-0.4, -0.2) is 50.0 Å². The second-order valence-electron chi connectivity index (χ2n) is 7.51. The van der Waals surface area contributed by atoms with Crippen molar-refractivity contribution in [3.8, 4) is 11.1 Å². The van der Waals surface area contributed by atoms with Gasteiger partial charge in [0.05, 0.1) is 12.3 Å². The van der Waals surface area contributed by atoms with Gasteiger partial charge in [0.2, 0.25) is 10.0 Å². The van der Waals surface area contributed by atoms with Crippen LogP contribution in [0.5, 0.6) is 0 Å². The molecule has 0 aliphatic carbocycles. The van der Waals surface area contributed by atoms with Gasteiger partial charge in [-0.05, 0) is 29.5 Å². The van der Waals surface area contributed by atoms with Gasteiger partial charge in [-0.15, -0.1) is 0 Å². The Morgan fingerprint density at radius 3 is 2.41 bits per heavy atom. The van der Waals surface area contributed by atoms with Crippen molar-refractivity contribution in [1.82, 2.24) is 9.62 Å². The summed E-state index contributed by atoms with van der Waals surface area (Å²) in [5, 5.41) is 0. The number of carbonyl (C=O) groups is 1. The third-order valence-corrected chi connectivity index (χ3v) is 5.76. The van der Waals surface area contributed by atoms with Crippen LogP contribution in [0.3, 0.4) is 0 Å². The first-order valence-electron chi connectivity index (χ1n) is 9.35. The van der Waals surface area contributed by atoms with Gasteiger partial charge in [0.15, 0.2) is 0 Å². The molecule has 1 heterocycles. The standard InChI is InChI=1S/C21H24F2N2O3S/c1-21(22,23)20(26)25-12-11-18(24-29(2,27)28)19(25)14-15-7-6-10-17(13-15)16-8-4-3-5-9-16/h3-10,13,18-19,24H,11-12,14H2,1-2H3/t18-,19-/m1/s1. The van der Waals surface area contributed by atoms with Crippen LogP contribution >= 0.6 is 0 Å². The SMILES string of the molecule is CC(F)(F)C(=O)N1CC[C@@H](NS(C)(=O)=O)[C@H]1Cc1cccc(-c2ccccc2)c1. The summed E-state index contributed by atoms with van der Waals surface area (Å²) in [5.41, 5.74) is 2.82. The predicted octanol–water partition coefficient (Wildman–Crippen LogP) is 3.07. The molecule has 2 aromatic carbocycles. The highest BCUT2D eigenvalue weighted by Crippen LogP contribution is 2.29. The van der Waals surface area contributed by atoms with Crippen LogP contribution in [0.2, 0.25) is 0 Å². The fourth-order valence-electron chi connectivity index (χ4n) is 3.77. The number of rotatable bonds is 6. The Morgan fingerprint density at radius 1 is 1.14 bits per heavy atom. The van der Waals surface area contributed by atoms with Crippen molar-refractivity contribution in [3.63, 3.8) is 0 Å². The van der Waals surface area contributed by atoms with Crippen LogP contribution < -0.4 is 4.72 Å². The van der Waals surface area contributed by atoms with Crippen molar-refractivity contribution in [2.45, 2.75) is 37.8 Å². The Morgan fingerprint density at radius 2 is 1.79 bits per heavy atom. The predicted molar refractivity (Wildman–Crippen MR) is 108 cm³/mol. The van der Waals surface area contributed by atoms with Gasteiger partial charge in [-0.1, -0.05) is 54.6 Å². The van der Waals surface area contributed by atoms with Gasteiger partial charge in [-0.2, -0.15) is 8.78 Å². The molecular formula is C21H24F2N2O3S. The number of nitrogens with zero attached hydrogens (tertiary/aromatic N) is 1. The van der Waals surface area contributed by atoms with Crippen molar-refractivity contribution < 1.29 is 22.0 Å². The fraction of sp³-hybridized carbons (Fsp3) is 0.381. The van der Waals surface area contributed by atoms with Gasteiger partial charge in [0.25, 0.3) is 5.91 Å². The molecule has 0 aromatic heterocycles. The van der Waals surface area contributed by atoms with E-state index in [4.69, 9.17) is 0 Å². The molecule has 1 amide bonds. The maximum atomic E-state index is 13.7. The molecule has 0 saturated carbocycles. The van der Waals surface area contributed by atoms with E-state index in [1.807, 2.05) is 54.6 Å². The minimum atomic E-state index is -3.54. The number of hydrogen-bond donors (Lipinski definition) is 1. The quantitative estimate of drug-likeness (QED) is 0.778. The summed E-state index contributed by atoms with van der Waals surface area (Å²) in [4.78, 5) is 13.4. The smallest absolute Gasteiger partial charge is 0.322 e. The van der Waals surface area contributed by atoms with Crippen LogP contribution in [0, 0.1) is 0 Å². The lowest BCUT2D eigenvalue weighted by Gasteiger charge is -2.30. The van der Waals surface area contributed by atoms with Gasteiger partial charge in [-0.25, -0.2) is 13.1 Å². The summed E-state index contributed by atoms with van der Waals surface area (Å²) in [6, 6.07) is 16.0. The number of halogens is 2.